The molecule has 1 fully saturated rings. The lowest BCUT2D eigenvalue weighted by atomic mass is 10.1. The molecule has 0 saturated carbocycles. The van der Waals surface area contributed by atoms with E-state index in [-0.39, 0.29) is 21.7 Å². The van der Waals surface area contributed by atoms with E-state index in [0.717, 1.165) is 24.2 Å². The Kier molecular flexibility index (Phi) is 6.99. The van der Waals surface area contributed by atoms with E-state index >= 15 is 0 Å². The van der Waals surface area contributed by atoms with Crippen molar-refractivity contribution in [2.75, 3.05) is 25.0 Å². The normalized spacial score (nSPS) is 17.1. The van der Waals surface area contributed by atoms with Gasteiger partial charge < -0.3 is 10.1 Å². The number of rotatable bonds is 7. The summed E-state index contributed by atoms with van der Waals surface area (Å²) in [6.07, 6.45) is 2.60. The number of hydrogen-bond donors (Lipinski definition) is 1. The highest BCUT2D eigenvalue weighted by molar-refractivity contribution is 7.89. The maximum absolute atomic E-state index is 12.9. The van der Waals surface area contributed by atoms with E-state index in [2.05, 4.69) is 5.32 Å². The highest BCUT2D eigenvalue weighted by Crippen LogP contribution is 2.25. The molecule has 2 aromatic carbocycles. The van der Waals surface area contributed by atoms with Crippen LogP contribution >= 0.6 is 0 Å². The second kappa shape index (κ2) is 9.96. The lowest BCUT2D eigenvalue weighted by molar-refractivity contribution is -0.150. The molecule has 11 heteroatoms. The van der Waals surface area contributed by atoms with Crippen molar-refractivity contribution >= 4 is 39.4 Å². The average Bonchev–Trinajstić information content (AvgIpc) is 3.12. The van der Waals surface area contributed by atoms with Gasteiger partial charge in [-0.3, -0.25) is 19.3 Å². The van der Waals surface area contributed by atoms with Gasteiger partial charge in [0.1, 0.15) is 6.04 Å². The fourth-order valence-corrected chi connectivity index (χ4v) is 5.67. The van der Waals surface area contributed by atoms with Gasteiger partial charge in [-0.15, -0.1) is 0 Å². The van der Waals surface area contributed by atoms with Gasteiger partial charge in [-0.1, -0.05) is 24.6 Å². The van der Waals surface area contributed by atoms with Gasteiger partial charge in [-0.25, -0.2) is 13.2 Å². The Morgan fingerprint density at radius 1 is 0.971 bits per heavy atom. The molecule has 2 aliphatic heterocycles. The van der Waals surface area contributed by atoms with E-state index in [9.17, 15) is 27.6 Å². The number of sulfonamides is 1. The van der Waals surface area contributed by atoms with Crippen LogP contribution in [0, 0.1) is 0 Å². The molecule has 0 radical (unpaired) electrons. The third-order valence-corrected chi connectivity index (χ3v) is 7.86. The Balaban J connectivity index is 1.35. The number of ether oxygens (including phenoxy) is 1. The van der Waals surface area contributed by atoms with Crippen LogP contribution in [0.2, 0.25) is 0 Å². The molecule has 0 unspecified atom stereocenters. The third kappa shape index (κ3) is 4.96. The molecule has 0 spiro atoms. The molecule has 0 bridgehead atoms. The minimum absolute atomic E-state index is 0.0634. The molecule has 35 heavy (non-hydrogen) atoms. The SMILES string of the molecule is C[C@@H](C(=O)OCC(=O)Nc1cccc(S(=O)(=O)N2CCCCC2)c1)N1C(=O)c2ccccc2C1=O. The molecule has 1 N–H and O–H groups in total. The number of carbonyl (C=O) groups excluding carboxylic acids is 4. The van der Waals surface area contributed by atoms with E-state index in [1.807, 2.05) is 0 Å². The molecule has 0 aromatic heterocycles. The fourth-order valence-electron chi connectivity index (χ4n) is 4.11. The summed E-state index contributed by atoms with van der Waals surface area (Å²) in [5.74, 6) is -2.83. The summed E-state index contributed by atoms with van der Waals surface area (Å²) >= 11 is 0. The van der Waals surface area contributed by atoms with Gasteiger partial charge in [0.15, 0.2) is 6.61 Å². The second-order valence-corrected chi connectivity index (χ2v) is 10.3. The first-order chi connectivity index (χ1) is 16.7. The standard InChI is InChI=1S/C24H25N3O7S/c1-16(27-22(29)19-10-3-4-11-20(19)23(27)30)24(31)34-15-21(28)25-17-8-7-9-18(14-17)35(32,33)26-12-5-2-6-13-26/h3-4,7-11,14,16H,2,5-6,12-13,15H2,1H3,(H,25,28)/t16-/m0/s1. The number of hydrogen-bond acceptors (Lipinski definition) is 7. The van der Waals surface area contributed by atoms with Crippen molar-refractivity contribution in [3.8, 4) is 0 Å². The second-order valence-electron chi connectivity index (χ2n) is 8.35. The monoisotopic (exact) mass is 499 g/mol. The minimum Gasteiger partial charge on any atom is -0.454 e. The Labute approximate surface area is 202 Å². The lowest BCUT2D eigenvalue weighted by Crippen LogP contribution is -2.44. The van der Waals surface area contributed by atoms with Crippen molar-refractivity contribution in [3.63, 3.8) is 0 Å². The van der Waals surface area contributed by atoms with E-state index < -0.39 is 46.4 Å². The Hall–Kier alpha value is -3.57. The number of amides is 3. The quantitative estimate of drug-likeness (QED) is 0.456. The first-order valence-electron chi connectivity index (χ1n) is 11.2. The van der Waals surface area contributed by atoms with Gasteiger partial charge in [0.2, 0.25) is 10.0 Å². The number of esters is 1. The van der Waals surface area contributed by atoms with E-state index in [1.165, 1.54) is 47.6 Å². The Morgan fingerprint density at radius 3 is 2.23 bits per heavy atom. The van der Waals surface area contributed by atoms with Crippen molar-refractivity contribution in [1.82, 2.24) is 9.21 Å². The molecule has 10 nitrogen and oxygen atoms in total. The molecule has 4 rings (SSSR count). The summed E-state index contributed by atoms with van der Waals surface area (Å²) in [5, 5.41) is 2.51. The van der Waals surface area contributed by atoms with Gasteiger partial charge in [0.25, 0.3) is 17.7 Å². The van der Waals surface area contributed by atoms with Crippen molar-refractivity contribution < 1.29 is 32.3 Å². The molecule has 184 valence electrons. The summed E-state index contributed by atoms with van der Waals surface area (Å²) in [7, 11) is -3.67. The molecule has 2 aromatic rings. The summed E-state index contributed by atoms with van der Waals surface area (Å²) < 4.78 is 32.2. The topological polar surface area (TPSA) is 130 Å². The fraction of sp³-hybridized carbons (Fsp3) is 0.333. The lowest BCUT2D eigenvalue weighted by Gasteiger charge is -2.26. The van der Waals surface area contributed by atoms with E-state index in [4.69, 9.17) is 4.74 Å². The number of benzene rings is 2. The number of nitrogens with one attached hydrogen (secondary N) is 1. The van der Waals surface area contributed by atoms with Crippen LogP contribution in [0.4, 0.5) is 5.69 Å². The van der Waals surface area contributed by atoms with Crippen LogP contribution in [0.3, 0.4) is 0 Å². The van der Waals surface area contributed by atoms with Gasteiger partial charge in [0, 0.05) is 18.8 Å². The van der Waals surface area contributed by atoms with E-state index in [0.29, 0.717) is 13.1 Å². The molecule has 2 aliphatic rings. The van der Waals surface area contributed by atoms with Gasteiger partial charge in [-0.05, 0) is 50.1 Å². The van der Waals surface area contributed by atoms with Crippen LogP contribution in [0.25, 0.3) is 0 Å². The number of carbonyl (C=O) groups is 4. The largest absolute Gasteiger partial charge is 0.454 e. The molecule has 1 atom stereocenters. The zero-order valence-electron chi connectivity index (χ0n) is 19.1. The van der Waals surface area contributed by atoms with Crippen LogP contribution in [-0.2, 0) is 24.3 Å². The molecule has 2 heterocycles. The summed E-state index contributed by atoms with van der Waals surface area (Å²) in [6, 6.07) is 10.9. The number of imide groups is 1. The maximum Gasteiger partial charge on any atom is 0.329 e. The zero-order chi connectivity index (χ0) is 25.2. The highest BCUT2D eigenvalue weighted by Gasteiger charge is 2.41. The maximum atomic E-state index is 12.9. The molecular formula is C24H25N3O7S. The number of piperidine rings is 1. The Morgan fingerprint density at radius 2 is 1.60 bits per heavy atom. The number of anilines is 1. The zero-order valence-corrected chi connectivity index (χ0v) is 19.9. The molecule has 3 amide bonds. The van der Waals surface area contributed by atoms with Crippen LogP contribution in [-0.4, -0.2) is 67.1 Å². The van der Waals surface area contributed by atoms with Crippen molar-refractivity contribution in [2.45, 2.75) is 37.1 Å². The van der Waals surface area contributed by atoms with Crippen LogP contribution in [0.5, 0.6) is 0 Å². The summed E-state index contributed by atoms with van der Waals surface area (Å²) in [6.45, 7) is 1.59. The van der Waals surface area contributed by atoms with Gasteiger partial charge >= 0.3 is 5.97 Å². The van der Waals surface area contributed by atoms with Crippen molar-refractivity contribution in [3.05, 3.63) is 59.7 Å². The third-order valence-electron chi connectivity index (χ3n) is 5.97. The van der Waals surface area contributed by atoms with E-state index in [1.54, 1.807) is 12.1 Å². The first kappa shape index (κ1) is 24.6. The highest BCUT2D eigenvalue weighted by atomic mass is 32.2. The first-order valence-corrected chi connectivity index (χ1v) is 12.7. The number of nitrogens with zero attached hydrogens (tertiary/aromatic N) is 2. The smallest absolute Gasteiger partial charge is 0.329 e. The predicted molar refractivity (Wildman–Crippen MR) is 125 cm³/mol. The summed E-state index contributed by atoms with van der Waals surface area (Å²) in [4.78, 5) is 50.7. The van der Waals surface area contributed by atoms with Crippen LogP contribution in [0.15, 0.2) is 53.4 Å². The average molecular weight is 500 g/mol. The van der Waals surface area contributed by atoms with Gasteiger partial charge in [-0.2, -0.15) is 4.31 Å². The van der Waals surface area contributed by atoms with Crippen LogP contribution < -0.4 is 5.32 Å². The molecule has 0 aliphatic carbocycles. The van der Waals surface area contributed by atoms with Crippen molar-refractivity contribution in [2.24, 2.45) is 0 Å². The van der Waals surface area contributed by atoms with Crippen molar-refractivity contribution in [1.29, 1.82) is 0 Å². The van der Waals surface area contributed by atoms with Crippen LogP contribution in [0.1, 0.15) is 46.9 Å². The minimum atomic E-state index is -3.67. The molecular weight excluding hydrogens is 474 g/mol. The molecule has 1 saturated heterocycles. The predicted octanol–water partition coefficient (Wildman–Crippen LogP) is 2.03. The number of fused-ring (bicyclic) bond motifs is 1. The Bertz CT molecular complexity index is 1250. The van der Waals surface area contributed by atoms with Gasteiger partial charge in [0.05, 0.1) is 16.0 Å². The summed E-state index contributed by atoms with van der Waals surface area (Å²) in [5.41, 5.74) is 0.640.